The number of anilines is 1. The monoisotopic (exact) mass is 334 g/mol. The summed E-state index contributed by atoms with van der Waals surface area (Å²) in [4.78, 5) is 8.02. The van der Waals surface area contributed by atoms with E-state index in [4.69, 9.17) is 10.5 Å². The van der Waals surface area contributed by atoms with Gasteiger partial charge in [-0.1, -0.05) is 0 Å². The maximum Gasteiger partial charge on any atom is 0.209 e. The molecular weight excluding hydrogens is 315 g/mol. The van der Waals surface area contributed by atoms with Crippen LogP contribution in [0.5, 0.6) is 0 Å². The minimum Gasteiger partial charge on any atom is -0.394 e. The molecule has 0 amide bonds. The SMILES string of the molecule is CC(C)=C=C[C@@]1(F)[C@H](O)[C@@H](CO)O[C@H]1n1ccc2c(N)ncnc21. The molecule has 2 aromatic heterocycles. The smallest absolute Gasteiger partial charge is 0.209 e. The number of aliphatic hydroxyl groups excluding tert-OH is 2. The van der Waals surface area contributed by atoms with E-state index in [9.17, 15) is 10.2 Å². The molecule has 1 saturated heterocycles. The average Bonchev–Trinajstić information content (AvgIpc) is 3.07. The topological polar surface area (TPSA) is 106 Å². The number of rotatable bonds is 3. The molecule has 7 nitrogen and oxygen atoms in total. The number of nitrogens with zero attached hydrogens (tertiary/aromatic N) is 3. The van der Waals surface area contributed by atoms with Crippen molar-refractivity contribution in [3.8, 4) is 0 Å². The van der Waals surface area contributed by atoms with Crippen LogP contribution < -0.4 is 5.73 Å². The Balaban J connectivity index is 2.16. The van der Waals surface area contributed by atoms with Crippen LogP contribution >= 0.6 is 0 Å². The van der Waals surface area contributed by atoms with Gasteiger partial charge in [0.25, 0.3) is 0 Å². The minimum atomic E-state index is -2.28. The van der Waals surface area contributed by atoms with Crippen LogP contribution in [0.4, 0.5) is 10.2 Å². The number of hydrogen-bond donors (Lipinski definition) is 3. The fourth-order valence-electron chi connectivity index (χ4n) is 2.79. The van der Waals surface area contributed by atoms with E-state index in [1.54, 1.807) is 26.1 Å². The summed E-state index contributed by atoms with van der Waals surface area (Å²) in [6, 6.07) is 1.65. The second-order valence-electron chi connectivity index (χ2n) is 5.99. The number of fused-ring (bicyclic) bond motifs is 1. The maximum absolute atomic E-state index is 15.6. The second kappa shape index (κ2) is 5.99. The van der Waals surface area contributed by atoms with Crippen LogP contribution in [0.15, 0.2) is 36.0 Å². The first-order valence-electron chi connectivity index (χ1n) is 7.50. The van der Waals surface area contributed by atoms with Crippen molar-refractivity contribution in [1.82, 2.24) is 14.5 Å². The number of halogens is 1. The Labute approximate surface area is 137 Å². The van der Waals surface area contributed by atoms with E-state index in [-0.39, 0.29) is 5.82 Å². The third-order valence-electron chi connectivity index (χ3n) is 4.04. The number of alkyl halides is 1. The zero-order chi connectivity index (χ0) is 17.5. The van der Waals surface area contributed by atoms with Crippen molar-refractivity contribution in [2.75, 3.05) is 12.3 Å². The number of aliphatic hydroxyl groups is 2. The molecule has 0 radical (unpaired) electrons. The molecule has 4 atom stereocenters. The van der Waals surface area contributed by atoms with Gasteiger partial charge in [-0.25, -0.2) is 14.4 Å². The third kappa shape index (κ3) is 2.50. The van der Waals surface area contributed by atoms with Crippen LogP contribution in [0, 0.1) is 0 Å². The van der Waals surface area contributed by atoms with Crippen LogP contribution in [0.2, 0.25) is 0 Å². The first-order chi connectivity index (χ1) is 11.4. The van der Waals surface area contributed by atoms with Gasteiger partial charge >= 0.3 is 0 Å². The first-order valence-corrected chi connectivity index (χ1v) is 7.50. The molecule has 0 spiro atoms. The van der Waals surface area contributed by atoms with Crippen LogP contribution in [0.3, 0.4) is 0 Å². The molecule has 3 heterocycles. The van der Waals surface area contributed by atoms with Gasteiger partial charge in [-0.3, -0.25) is 0 Å². The summed E-state index contributed by atoms with van der Waals surface area (Å²) in [6.07, 6.45) is 0.155. The summed E-state index contributed by atoms with van der Waals surface area (Å²) in [5.41, 5.74) is 7.43. The molecule has 0 aliphatic carbocycles. The number of ether oxygens (including phenoxy) is 1. The molecule has 24 heavy (non-hydrogen) atoms. The van der Waals surface area contributed by atoms with E-state index in [0.29, 0.717) is 11.0 Å². The largest absolute Gasteiger partial charge is 0.394 e. The maximum atomic E-state index is 15.6. The normalized spacial score (nSPS) is 29.6. The van der Waals surface area contributed by atoms with Gasteiger partial charge in [0.15, 0.2) is 6.23 Å². The van der Waals surface area contributed by atoms with Gasteiger partial charge in [-0.15, -0.1) is 5.73 Å². The molecule has 2 aromatic rings. The molecule has 0 saturated carbocycles. The molecule has 1 aliphatic heterocycles. The van der Waals surface area contributed by atoms with Crippen molar-refractivity contribution in [2.24, 2.45) is 0 Å². The lowest BCUT2D eigenvalue weighted by atomic mass is 9.95. The van der Waals surface area contributed by atoms with Crippen LogP contribution in [-0.4, -0.2) is 49.2 Å². The summed E-state index contributed by atoms with van der Waals surface area (Å²) >= 11 is 0. The van der Waals surface area contributed by atoms with E-state index in [2.05, 4.69) is 15.7 Å². The molecular formula is C16H19FN4O3. The Kier molecular flexibility index (Phi) is 4.15. The second-order valence-corrected chi connectivity index (χ2v) is 5.99. The molecule has 3 rings (SSSR count). The van der Waals surface area contributed by atoms with Crippen molar-refractivity contribution in [1.29, 1.82) is 0 Å². The summed E-state index contributed by atoms with van der Waals surface area (Å²) in [5.74, 6) is 0.264. The average molecular weight is 334 g/mol. The van der Waals surface area contributed by atoms with E-state index in [0.717, 1.165) is 11.6 Å². The Morgan fingerprint density at radius 1 is 1.54 bits per heavy atom. The molecule has 0 aromatic carbocycles. The lowest BCUT2D eigenvalue weighted by Crippen LogP contribution is -2.41. The number of nitrogen functional groups attached to an aromatic ring is 1. The first kappa shape index (κ1) is 16.6. The summed E-state index contributed by atoms with van der Waals surface area (Å²) in [7, 11) is 0. The quantitative estimate of drug-likeness (QED) is 0.726. The van der Waals surface area contributed by atoms with Crippen LogP contribution in [0.25, 0.3) is 11.0 Å². The van der Waals surface area contributed by atoms with Gasteiger partial charge in [0, 0.05) is 12.3 Å². The van der Waals surface area contributed by atoms with Crippen molar-refractivity contribution < 1.29 is 19.3 Å². The summed E-state index contributed by atoms with van der Waals surface area (Å²) < 4.78 is 22.7. The van der Waals surface area contributed by atoms with Gasteiger partial charge < -0.3 is 25.3 Å². The van der Waals surface area contributed by atoms with Gasteiger partial charge in [-0.2, -0.15) is 0 Å². The van der Waals surface area contributed by atoms with E-state index >= 15 is 4.39 Å². The van der Waals surface area contributed by atoms with Crippen molar-refractivity contribution in [3.63, 3.8) is 0 Å². The zero-order valence-electron chi connectivity index (χ0n) is 13.3. The van der Waals surface area contributed by atoms with E-state index < -0.39 is 30.7 Å². The van der Waals surface area contributed by atoms with Crippen LogP contribution in [0.1, 0.15) is 20.1 Å². The van der Waals surface area contributed by atoms with Crippen molar-refractivity contribution >= 4 is 16.9 Å². The standard InChI is InChI=1S/C16H19FN4O3/c1-9(2)3-5-16(17)12(23)11(7-22)24-15(16)21-6-4-10-13(18)19-8-20-14(10)21/h4-6,8,11-12,15,22-23H,7H2,1-2H3,(H2,18,19,20)/t11-,12-,15-,16-/m1/s1. The molecule has 128 valence electrons. The Hall–Kier alpha value is -2.25. The van der Waals surface area contributed by atoms with Gasteiger partial charge in [0.05, 0.1) is 12.0 Å². The Morgan fingerprint density at radius 3 is 2.96 bits per heavy atom. The molecule has 0 unspecified atom stereocenters. The highest BCUT2D eigenvalue weighted by Crippen LogP contribution is 2.44. The van der Waals surface area contributed by atoms with E-state index in [1.807, 2.05) is 0 Å². The Morgan fingerprint density at radius 2 is 2.29 bits per heavy atom. The summed E-state index contributed by atoms with van der Waals surface area (Å²) in [5, 5.41) is 20.2. The summed E-state index contributed by atoms with van der Waals surface area (Å²) in [6.45, 7) is 3.02. The molecule has 1 aliphatic rings. The van der Waals surface area contributed by atoms with Crippen molar-refractivity contribution in [3.05, 3.63) is 36.0 Å². The third-order valence-corrected chi connectivity index (χ3v) is 4.04. The Bertz CT molecular complexity index is 826. The number of aromatic nitrogens is 3. The lowest BCUT2D eigenvalue weighted by Gasteiger charge is -2.25. The predicted molar refractivity (Wildman–Crippen MR) is 85.7 cm³/mol. The number of nitrogens with two attached hydrogens (primary N) is 1. The van der Waals surface area contributed by atoms with E-state index in [1.165, 1.54) is 10.9 Å². The highest BCUT2D eigenvalue weighted by Gasteiger charge is 2.57. The predicted octanol–water partition coefficient (Wildman–Crippen LogP) is 1.09. The highest BCUT2D eigenvalue weighted by atomic mass is 19.1. The molecule has 8 heteroatoms. The molecule has 0 bridgehead atoms. The fraction of sp³-hybridized carbons (Fsp3) is 0.438. The van der Waals surface area contributed by atoms with Gasteiger partial charge in [-0.05, 0) is 25.5 Å². The number of hydrogen-bond acceptors (Lipinski definition) is 6. The van der Waals surface area contributed by atoms with Crippen LogP contribution in [-0.2, 0) is 4.74 Å². The van der Waals surface area contributed by atoms with Crippen molar-refractivity contribution in [2.45, 2.75) is 38.0 Å². The lowest BCUT2D eigenvalue weighted by molar-refractivity contribution is -0.0512. The molecule has 4 N–H and O–H groups in total. The highest BCUT2D eigenvalue weighted by molar-refractivity contribution is 5.86. The van der Waals surface area contributed by atoms with Gasteiger partial charge in [0.1, 0.15) is 30.0 Å². The van der Waals surface area contributed by atoms with Gasteiger partial charge in [0.2, 0.25) is 5.67 Å². The zero-order valence-corrected chi connectivity index (χ0v) is 13.3. The minimum absolute atomic E-state index is 0.264. The molecule has 1 fully saturated rings. The fourth-order valence-corrected chi connectivity index (χ4v) is 2.79.